The van der Waals surface area contributed by atoms with Gasteiger partial charge >= 0.3 is 6.18 Å². The Labute approximate surface area is 197 Å². The zero-order chi connectivity index (χ0) is 25.1. The van der Waals surface area contributed by atoms with Gasteiger partial charge in [0.1, 0.15) is 6.54 Å². The minimum atomic E-state index is -4.50. The van der Waals surface area contributed by atoms with Crippen molar-refractivity contribution < 1.29 is 26.4 Å². The fourth-order valence-electron chi connectivity index (χ4n) is 3.49. The van der Waals surface area contributed by atoms with Gasteiger partial charge in [-0.2, -0.15) is 13.2 Å². The number of anilines is 1. The molecule has 0 unspecified atom stereocenters. The van der Waals surface area contributed by atoms with Gasteiger partial charge in [-0.25, -0.2) is 8.42 Å². The van der Waals surface area contributed by atoms with Crippen molar-refractivity contribution in [3.63, 3.8) is 0 Å². The number of aryl methyl sites for hydroxylation is 3. The van der Waals surface area contributed by atoms with Gasteiger partial charge in [0.25, 0.3) is 10.0 Å². The molecule has 34 heavy (non-hydrogen) atoms. The van der Waals surface area contributed by atoms with Crippen LogP contribution in [0.1, 0.15) is 27.8 Å². The van der Waals surface area contributed by atoms with E-state index >= 15 is 0 Å². The highest BCUT2D eigenvalue weighted by molar-refractivity contribution is 7.92. The average molecular weight is 491 g/mol. The summed E-state index contributed by atoms with van der Waals surface area (Å²) in [6.07, 6.45) is -4.50. The lowest BCUT2D eigenvalue weighted by Gasteiger charge is -2.25. The third-order valence-electron chi connectivity index (χ3n) is 5.13. The smallest absolute Gasteiger partial charge is 0.350 e. The Morgan fingerprint density at radius 1 is 0.882 bits per heavy atom. The van der Waals surface area contributed by atoms with Crippen LogP contribution in [0.25, 0.3) is 0 Å². The summed E-state index contributed by atoms with van der Waals surface area (Å²) >= 11 is 0. The number of amides is 1. The van der Waals surface area contributed by atoms with Gasteiger partial charge in [0.15, 0.2) is 0 Å². The molecule has 180 valence electrons. The molecule has 0 aliphatic rings. The lowest BCUT2D eigenvalue weighted by Crippen LogP contribution is -2.40. The molecular formula is C25H25F3N2O3S. The molecule has 0 atom stereocenters. The van der Waals surface area contributed by atoms with E-state index in [0.717, 1.165) is 33.1 Å². The fraction of sp³-hybridized carbons (Fsp3) is 0.240. The van der Waals surface area contributed by atoms with Crippen molar-refractivity contribution in [2.24, 2.45) is 0 Å². The van der Waals surface area contributed by atoms with E-state index in [4.69, 9.17) is 0 Å². The topological polar surface area (TPSA) is 66.5 Å². The standard InChI is InChI=1S/C25H25F3N2O3S/c1-17-7-9-23(10-8-17)34(32,33)30(22-12-18(2)11-19(3)13-22)16-24(31)29-15-20-5-4-6-21(14-20)25(26,27)28/h4-14H,15-16H2,1-3H3,(H,29,31). The number of benzene rings is 3. The number of nitrogens with one attached hydrogen (secondary N) is 1. The van der Waals surface area contributed by atoms with Gasteiger partial charge in [0.05, 0.1) is 16.1 Å². The van der Waals surface area contributed by atoms with Crippen molar-refractivity contribution in [2.75, 3.05) is 10.8 Å². The summed E-state index contributed by atoms with van der Waals surface area (Å²) in [4.78, 5) is 12.8. The van der Waals surface area contributed by atoms with Crippen LogP contribution in [0.5, 0.6) is 0 Å². The highest BCUT2D eigenvalue weighted by Gasteiger charge is 2.30. The summed E-state index contributed by atoms with van der Waals surface area (Å²) in [7, 11) is -4.08. The van der Waals surface area contributed by atoms with Crippen LogP contribution in [0.4, 0.5) is 18.9 Å². The zero-order valence-electron chi connectivity index (χ0n) is 19.0. The second-order valence-electron chi connectivity index (χ2n) is 8.15. The van der Waals surface area contributed by atoms with Gasteiger partial charge < -0.3 is 5.32 Å². The first-order valence-corrected chi connectivity index (χ1v) is 11.9. The molecular weight excluding hydrogens is 465 g/mol. The average Bonchev–Trinajstić information content (AvgIpc) is 2.75. The van der Waals surface area contributed by atoms with Crippen molar-refractivity contribution >= 4 is 21.6 Å². The normalized spacial score (nSPS) is 11.8. The summed E-state index contributed by atoms with van der Waals surface area (Å²) in [5.74, 6) is -0.646. The maximum Gasteiger partial charge on any atom is 0.416 e. The molecule has 5 nitrogen and oxygen atoms in total. The molecule has 3 aromatic rings. The summed E-state index contributed by atoms with van der Waals surface area (Å²) in [5, 5.41) is 2.53. The van der Waals surface area contributed by atoms with Crippen LogP contribution in [-0.2, 0) is 27.5 Å². The fourth-order valence-corrected chi connectivity index (χ4v) is 4.90. The Morgan fingerprint density at radius 2 is 1.50 bits per heavy atom. The second kappa shape index (κ2) is 9.89. The summed E-state index contributed by atoms with van der Waals surface area (Å²) in [6.45, 7) is 4.77. The van der Waals surface area contributed by atoms with Crippen LogP contribution in [0, 0.1) is 20.8 Å². The van der Waals surface area contributed by atoms with E-state index in [1.54, 1.807) is 24.3 Å². The minimum absolute atomic E-state index is 0.0305. The molecule has 3 rings (SSSR count). The molecule has 0 aliphatic carbocycles. The van der Waals surface area contributed by atoms with E-state index in [1.165, 1.54) is 24.3 Å². The van der Waals surface area contributed by atoms with Gasteiger partial charge in [-0.3, -0.25) is 9.10 Å². The van der Waals surface area contributed by atoms with Crippen molar-refractivity contribution in [1.82, 2.24) is 5.32 Å². The van der Waals surface area contributed by atoms with E-state index in [0.29, 0.717) is 5.69 Å². The number of sulfonamides is 1. The third kappa shape index (κ3) is 6.17. The molecule has 1 N–H and O–H groups in total. The van der Waals surface area contributed by atoms with Crippen molar-refractivity contribution in [3.05, 3.63) is 94.5 Å². The number of halogens is 3. The predicted octanol–water partition coefficient (Wildman–Crippen LogP) is 5.14. The molecule has 0 bridgehead atoms. The van der Waals surface area contributed by atoms with Crippen LogP contribution in [0.3, 0.4) is 0 Å². The van der Waals surface area contributed by atoms with Crippen LogP contribution >= 0.6 is 0 Å². The van der Waals surface area contributed by atoms with E-state index < -0.39 is 34.2 Å². The lowest BCUT2D eigenvalue weighted by atomic mass is 10.1. The van der Waals surface area contributed by atoms with Crippen molar-refractivity contribution in [2.45, 2.75) is 38.4 Å². The third-order valence-corrected chi connectivity index (χ3v) is 6.92. The number of hydrogen-bond donors (Lipinski definition) is 1. The van der Waals surface area contributed by atoms with E-state index in [1.807, 2.05) is 26.8 Å². The quantitative estimate of drug-likeness (QED) is 0.499. The van der Waals surface area contributed by atoms with Gasteiger partial charge in [-0.15, -0.1) is 0 Å². The Hall–Kier alpha value is -3.33. The molecule has 0 aromatic heterocycles. The number of carbonyl (C=O) groups is 1. The number of hydrogen-bond acceptors (Lipinski definition) is 3. The monoisotopic (exact) mass is 490 g/mol. The maximum absolute atomic E-state index is 13.5. The SMILES string of the molecule is Cc1ccc(S(=O)(=O)N(CC(=O)NCc2cccc(C(F)(F)F)c2)c2cc(C)cc(C)c2)cc1. The molecule has 3 aromatic carbocycles. The van der Waals surface area contributed by atoms with Crippen LogP contribution in [-0.4, -0.2) is 20.9 Å². The van der Waals surface area contributed by atoms with Crippen LogP contribution in [0.2, 0.25) is 0 Å². The van der Waals surface area contributed by atoms with Crippen LogP contribution in [0.15, 0.2) is 71.6 Å². The van der Waals surface area contributed by atoms with E-state index in [9.17, 15) is 26.4 Å². The second-order valence-corrected chi connectivity index (χ2v) is 10.0. The minimum Gasteiger partial charge on any atom is -0.350 e. The summed E-state index contributed by atoms with van der Waals surface area (Å²) < 4.78 is 66.8. The Kier molecular flexibility index (Phi) is 7.35. The number of carbonyl (C=O) groups excluding carboxylic acids is 1. The van der Waals surface area contributed by atoms with Crippen LogP contribution < -0.4 is 9.62 Å². The molecule has 0 saturated heterocycles. The van der Waals surface area contributed by atoms with Gasteiger partial charge in [0, 0.05) is 6.54 Å². The first-order chi connectivity index (χ1) is 15.9. The predicted molar refractivity (Wildman–Crippen MR) is 125 cm³/mol. The van der Waals surface area contributed by atoms with E-state index in [2.05, 4.69) is 5.32 Å². The highest BCUT2D eigenvalue weighted by atomic mass is 32.2. The van der Waals surface area contributed by atoms with Gasteiger partial charge in [-0.1, -0.05) is 35.9 Å². The summed E-state index contributed by atoms with van der Waals surface area (Å²) in [5.41, 5.74) is 2.29. The Morgan fingerprint density at radius 3 is 2.09 bits per heavy atom. The van der Waals surface area contributed by atoms with E-state index in [-0.39, 0.29) is 17.0 Å². The number of nitrogens with zero attached hydrogens (tertiary/aromatic N) is 1. The largest absolute Gasteiger partial charge is 0.416 e. The first kappa shape index (κ1) is 25.3. The van der Waals surface area contributed by atoms with Gasteiger partial charge in [-0.05, 0) is 73.9 Å². The Balaban J connectivity index is 1.87. The zero-order valence-corrected chi connectivity index (χ0v) is 19.8. The summed E-state index contributed by atoms with van der Waals surface area (Å²) in [6, 6.07) is 16.1. The molecule has 1 amide bonds. The molecule has 0 heterocycles. The molecule has 9 heteroatoms. The number of alkyl halides is 3. The van der Waals surface area contributed by atoms with Gasteiger partial charge in [0.2, 0.25) is 5.91 Å². The first-order valence-electron chi connectivity index (χ1n) is 10.5. The molecule has 0 aliphatic heterocycles. The Bertz CT molecular complexity index is 1270. The molecule has 0 fully saturated rings. The number of rotatable bonds is 7. The molecule has 0 radical (unpaired) electrons. The lowest BCUT2D eigenvalue weighted by molar-refractivity contribution is -0.137. The van der Waals surface area contributed by atoms with Crippen molar-refractivity contribution in [1.29, 1.82) is 0 Å². The molecule has 0 saturated carbocycles. The maximum atomic E-state index is 13.5. The molecule has 0 spiro atoms. The highest BCUT2D eigenvalue weighted by Crippen LogP contribution is 2.29. The van der Waals surface area contributed by atoms with Crippen molar-refractivity contribution in [3.8, 4) is 0 Å².